The van der Waals surface area contributed by atoms with E-state index in [1.807, 2.05) is 12.4 Å². The Morgan fingerprint density at radius 2 is 1.78 bits per heavy atom. The van der Waals surface area contributed by atoms with Crippen molar-refractivity contribution < 1.29 is 9.47 Å². The van der Waals surface area contributed by atoms with Crippen LogP contribution in [0.2, 0.25) is 0 Å². The second-order valence-electron chi connectivity index (χ2n) is 12.5. The normalized spacial score (nSPS) is 23.7. The van der Waals surface area contributed by atoms with Gasteiger partial charge < -0.3 is 24.3 Å². The summed E-state index contributed by atoms with van der Waals surface area (Å²) >= 11 is 0. The van der Waals surface area contributed by atoms with E-state index in [-0.39, 0.29) is 12.0 Å². The minimum absolute atomic E-state index is 0.0281. The molecule has 2 aromatic heterocycles. The van der Waals surface area contributed by atoms with Gasteiger partial charge in [0.15, 0.2) is 0 Å². The average molecular weight is 586 g/mol. The van der Waals surface area contributed by atoms with Crippen LogP contribution in [-0.4, -0.2) is 15.7 Å². The molecule has 5 heteroatoms. The third-order valence-corrected chi connectivity index (χ3v) is 10.3. The summed E-state index contributed by atoms with van der Waals surface area (Å²) < 4.78 is 16.2. The highest BCUT2D eigenvalue weighted by Crippen LogP contribution is 2.61. The average Bonchev–Trinajstić information content (AvgIpc) is 3.75. The Balaban J connectivity index is 1.20. The van der Waals surface area contributed by atoms with Crippen LogP contribution in [0.1, 0.15) is 35.2 Å². The van der Waals surface area contributed by atoms with E-state index < -0.39 is 5.41 Å². The number of para-hydroxylation sites is 2. The zero-order valence-corrected chi connectivity index (χ0v) is 24.7. The maximum atomic E-state index is 6.96. The first kappa shape index (κ1) is 25.0. The van der Waals surface area contributed by atoms with Crippen LogP contribution in [0, 0.1) is 5.92 Å². The van der Waals surface area contributed by atoms with Gasteiger partial charge >= 0.3 is 0 Å². The monoisotopic (exact) mass is 585 g/mol. The Morgan fingerprint density at radius 3 is 2.73 bits per heavy atom. The Labute approximate surface area is 261 Å². The SMILES string of the molecule is C1=CC2=C(CC1)Oc1cc(-c3cc[nH]c3)ccc1C21c2ccccc2OC2C=C(n3c4c(c5ccccc53)C=CNC4)C=CC21. The van der Waals surface area contributed by atoms with Gasteiger partial charge in [-0.2, -0.15) is 0 Å². The highest BCUT2D eigenvalue weighted by molar-refractivity contribution is 5.95. The van der Waals surface area contributed by atoms with Crippen molar-refractivity contribution in [3.63, 3.8) is 0 Å². The maximum Gasteiger partial charge on any atom is 0.132 e. The Hall–Kier alpha value is -5.42. The van der Waals surface area contributed by atoms with E-state index in [0.717, 1.165) is 53.5 Å². The van der Waals surface area contributed by atoms with E-state index in [0.29, 0.717) is 0 Å². The van der Waals surface area contributed by atoms with E-state index in [4.69, 9.17) is 9.47 Å². The molecule has 3 aliphatic heterocycles. The van der Waals surface area contributed by atoms with Crippen molar-refractivity contribution in [1.29, 1.82) is 0 Å². The van der Waals surface area contributed by atoms with E-state index in [1.54, 1.807) is 0 Å². The Kier molecular flexibility index (Phi) is 5.15. The number of aromatic nitrogens is 2. The van der Waals surface area contributed by atoms with Crippen LogP contribution in [0.5, 0.6) is 11.5 Å². The molecule has 10 rings (SSSR count). The summed E-state index contributed by atoms with van der Waals surface area (Å²) in [5, 5.41) is 4.71. The molecule has 0 bridgehead atoms. The molecule has 0 amide bonds. The molecule has 3 unspecified atom stereocenters. The molecule has 5 aromatic rings. The Bertz CT molecular complexity index is 2190. The number of benzene rings is 3. The lowest BCUT2D eigenvalue weighted by atomic mass is 9.56. The van der Waals surface area contributed by atoms with E-state index >= 15 is 0 Å². The van der Waals surface area contributed by atoms with Crippen molar-refractivity contribution in [2.24, 2.45) is 5.92 Å². The molecule has 3 atom stereocenters. The van der Waals surface area contributed by atoms with Gasteiger partial charge in [-0.3, -0.25) is 0 Å². The third-order valence-electron chi connectivity index (χ3n) is 10.3. The van der Waals surface area contributed by atoms with Crippen LogP contribution < -0.4 is 14.8 Å². The third kappa shape index (κ3) is 3.38. The first-order valence-corrected chi connectivity index (χ1v) is 15.9. The molecule has 2 N–H and O–H groups in total. The fourth-order valence-corrected chi connectivity index (χ4v) is 8.42. The highest BCUT2D eigenvalue weighted by atomic mass is 16.5. The number of nitrogens with one attached hydrogen (secondary N) is 2. The van der Waals surface area contributed by atoms with E-state index in [2.05, 4.69) is 130 Å². The van der Waals surface area contributed by atoms with Crippen molar-refractivity contribution in [3.8, 4) is 22.6 Å². The first-order valence-electron chi connectivity index (χ1n) is 15.9. The number of hydrogen-bond donors (Lipinski definition) is 2. The van der Waals surface area contributed by atoms with Crippen LogP contribution in [0.4, 0.5) is 0 Å². The number of allylic oxidation sites excluding steroid dienone is 6. The number of fused-ring (bicyclic) bond motifs is 10. The largest absolute Gasteiger partial charge is 0.485 e. The molecule has 5 nitrogen and oxygen atoms in total. The van der Waals surface area contributed by atoms with Crippen molar-refractivity contribution in [1.82, 2.24) is 14.9 Å². The molecule has 45 heavy (non-hydrogen) atoms. The second kappa shape index (κ2) is 9.29. The van der Waals surface area contributed by atoms with Crippen molar-refractivity contribution in [2.45, 2.75) is 30.9 Å². The number of rotatable bonds is 2. The first-order chi connectivity index (χ1) is 22.3. The predicted molar refractivity (Wildman–Crippen MR) is 179 cm³/mol. The minimum Gasteiger partial charge on any atom is -0.485 e. The second-order valence-corrected chi connectivity index (χ2v) is 12.5. The standard InChI is InChI=1S/C40H31N3O2/c1-4-10-34-28(7-1)29-18-20-42-24-35(29)43(34)27-14-16-33-39(22-27)45-37-12-6-3-9-31(37)40(33)30-8-2-5-11-36(30)44-38-21-25(13-15-32(38)40)26-17-19-41-23-26/h1-4,6-10,12-23,33,39,41-42H,5,11,24H2. The van der Waals surface area contributed by atoms with Crippen LogP contribution >= 0.6 is 0 Å². The lowest BCUT2D eigenvalue weighted by Gasteiger charge is -2.52. The van der Waals surface area contributed by atoms with Gasteiger partial charge in [-0.25, -0.2) is 0 Å². The smallest absolute Gasteiger partial charge is 0.132 e. The van der Waals surface area contributed by atoms with E-state index in [9.17, 15) is 0 Å². The molecule has 0 saturated heterocycles. The summed E-state index contributed by atoms with van der Waals surface area (Å²) in [5.41, 5.74) is 10.4. The molecule has 3 aromatic carbocycles. The number of H-pyrrole nitrogens is 1. The molecule has 5 heterocycles. The summed E-state index contributed by atoms with van der Waals surface area (Å²) in [6.07, 6.45) is 21.6. The molecule has 218 valence electrons. The van der Waals surface area contributed by atoms with Crippen LogP contribution in [0.15, 0.2) is 133 Å². The summed E-state index contributed by atoms with van der Waals surface area (Å²) in [6, 6.07) is 26.2. The molecule has 2 aliphatic carbocycles. The van der Waals surface area contributed by atoms with Crippen LogP contribution in [0.25, 0.3) is 33.8 Å². The summed E-state index contributed by atoms with van der Waals surface area (Å²) in [6.45, 7) is 0.780. The topological polar surface area (TPSA) is 51.2 Å². The highest BCUT2D eigenvalue weighted by Gasteiger charge is 2.56. The fraction of sp³-hybridized carbons (Fsp3) is 0.150. The molecule has 0 saturated carbocycles. The molecule has 0 fully saturated rings. The zero-order chi connectivity index (χ0) is 29.5. The maximum absolute atomic E-state index is 6.96. The van der Waals surface area contributed by atoms with Gasteiger partial charge in [-0.05, 0) is 66.2 Å². The van der Waals surface area contributed by atoms with Crippen LogP contribution in [-0.2, 0) is 12.0 Å². The number of hydrogen-bond acceptors (Lipinski definition) is 3. The molecule has 1 spiro atoms. The quantitative estimate of drug-likeness (QED) is 0.219. The number of aromatic amines is 1. The van der Waals surface area contributed by atoms with Gasteiger partial charge in [-0.1, -0.05) is 66.8 Å². The fourth-order valence-electron chi connectivity index (χ4n) is 8.42. The number of nitrogens with zero attached hydrogens (tertiary/aromatic N) is 1. The predicted octanol–water partition coefficient (Wildman–Crippen LogP) is 8.48. The zero-order valence-electron chi connectivity index (χ0n) is 24.7. The van der Waals surface area contributed by atoms with Gasteiger partial charge in [0.1, 0.15) is 23.4 Å². The molecule has 0 radical (unpaired) electrons. The van der Waals surface area contributed by atoms with Gasteiger partial charge in [0.2, 0.25) is 0 Å². The van der Waals surface area contributed by atoms with Crippen molar-refractivity contribution in [3.05, 3.63) is 155 Å². The lowest BCUT2D eigenvalue weighted by Crippen LogP contribution is -2.51. The minimum atomic E-state index is -0.461. The number of ether oxygens (including phenoxy) is 2. The Morgan fingerprint density at radius 1 is 0.867 bits per heavy atom. The molecule has 5 aliphatic rings. The summed E-state index contributed by atoms with van der Waals surface area (Å²) in [4.78, 5) is 3.21. The van der Waals surface area contributed by atoms with Crippen molar-refractivity contribution in [2.75, 3.05) is 0 Å². The molecular formula is C40H31N3O2. The van der Waals surface area contributed by atoms with Gasteiger partial charge in [0, 0.05) is 58.1 Å². The van der Waals surface area contributed by atoms with Gasteiger partial charge in [-0.15, -0.1) is 0 Å². The molecular weight excluding hydrogens is 554 g/mol. The van der Waals surface area contributed by atoms with Gasteiger partial charge in [0.25, 0.3) is 0 Å². The van der Waals surface area contributed by atoms with E-state index in [1.165, 1.54) is 38.9 Å². The van der Waals surface area contributed by atoms with Gasteiger partial charge in [0.05, 0.1) is 23.2 Å². The lowest BCUT2D eigenvalue weighted by molar-refractivity contribution is 0.132. The van der Waals surface area contributed by atoms with Crippen molar-refractivity contribution >= 4 is 22.7 Å². The van der Waals surface area contributed by atoms with Crippen LogP contribution in [0.3, 0.4) is 0 Å². The summed E-state index contributed by atoms with van der Waals surface area (Å²) in [5.74, 6) is 2.96. The summed E-state index contributed by atoms with van der Waals surface area (Å²) in [7, 11) is 0.